The highest BCUT2D eigenvalue weighted by Crippen LogP contribution is 2.32. The summed E-state index contributed by atoms with van der Waals surface area (Å²) in [6.45, 7) is 2.10. The van der Waals surface area contributed by atoms with Crippen molar-refractivity contribution in [3.8, 4) is 0 Å². The van der Waals surface area contributed by atoms with Crippen molar-refractivity contribution in [1.82, 2.24) is 5.32 Å². The number of hydrogen-bond donors (Lipinski definition) is 1. The molecule has 0 aliphatic heterocycles. The number of nitrogens with one attached hydrogen (secondary N) is 1. The highest BCUT2D eigenvalue weighted by molar-refractivity contribution is 9.10. The summed E-state index contributed by atoms with van der Waals surface area (Å²) in [6.07, 6.45) is 1.83. The topological polar surface area (TPSA) is 63.2 Å². The second kappa shape index (κ2) is 5.83. The number of amides is 1. The Morgan fingerprint density at radius 2 is 2.00 bits per heavy atom. The highest BCUT2D eigenvalue weighted by atomic mass is 79.9. The predicted molar refractivity (Wildman–Crippen MR) is 81.8 cm³/mol. The van der Waals surface area contributed by atoms with Crippen LogP contribution in [0.15, 0.2) is 21.5 Å². The lowest BCUT2D eigenvalue weighted by atomic mass is 9.82. The first kappa shape index (κ1) is 16.1. The molecule has 20 heavy (non-hydrogen) atoms. The van der Waals surface area contributed by atoms with Crippen LogP contribution in [0.1, 0.15) is 30.1 Å². The second-order valence-electron chi connectivity index (χ2n) is 4.95. The summed E-state index contributed by atoms with van der Waals surface area (Å²) in [5.74, 6) is 0.201. The number of halogens is 3. The third-order valence-electron chi connectivity index (χ3n) is 3.22. The van der Waals surface area contributed by atoms with Crippen molar-refractivity contribution in [2.75, 3.05) is 0 Å². The van der Waals surface area contributed by atoms with Gasteiger partial charge in [0.15, 0.2) is 0 Å². The Hall–Kier alpha value is -0.300. The van der Waals surface area contributed by atoms with Crippen molar-refractivity contribution < 1.29 is 13.2 Å². The van der Waals surface area contributed by atoms with Gasteiger partial charge in [-0.05, 0) is 30.9 Å². The quantitative estimate of drug-likeness (QED) is 0.789. The van der Waals surface area contributed by atoms with Crippen molar-refractivity contribution in [2.45, 2.75) is 30.7 Å². The first-order chi connectivity index (χ1) is 9.18. The second-order valence-corrected chi connectivity index (χ2v) is 8.78. The predicted octanol–water partition coefficient (Wildman–Crippen LogP) is 3.56. The molecule has 0 bridgehead atoms. The van der Waals surface area contributed by atoms with Crippen LogP contribution >= 0.6 is 38.2 Å². The van der Waals surface area contributed by atoms with Gasteiger partial charge in [-0.15, -0.1) is 0 Å². The van der Waals surface area contributed by atoms with Crippen LogP contribution in [0.3, 0.4) is 0 Å². The van der Waals surface area contributed by atoms with E-state index in [1.165, 1.54) is 12.1 Å². The fourth-order valence-electron chi connectivity index (χ4n) is 2.19. The zero-order valence-electron chi connectivity index (χ0n) is 10.5. The van der Waals surface area contributed by atoms with Gasteiger partial charge in [-0.1, -0.05) is 34.5 Å². The Morgan fingerprint density at radius 3 is 2.50 bits per heavy atom. The van der Waals surface area contributed by atoms with Crippen molar-refractivity contribution in [1.29, 1.82) is 0 Å². The molecule has 1 amide bonds. The Kier molecular flexibility index (Phi) is 4.69. The van der Waals surface area contributed by atoms with Gasteiger partial charge in [-0.2, -0.15) is 0 Å². The summed E-state index contributed by atoms with van der Waals surface area (Å²) in [5.41, 5.74) is 0.0971. The Balaban J connectivity index is 2.32. The first-order valence-electron chi connectivity index (χ1n) is 5.93. The van der Waals surface area contributed by atoms with E-state index in [4.69, 9.17) is 22.3 Å². The fraction of sp³-hybridized carbons (Fsp3) is 0.417. The highest BCUT2D eigenvalue weighted by Gasteiger charge is 2.29. The fourth-order valence-corrected chi connectivity index (χ4v) is 4.37. The Morgan fingerprint density at radius 1 is 1.40 bits per heavy atom. The molecule has 1 aliphatic rings. The van der Waals surface area contributed by atoms with Gasteiger partial charge in [-0.25, -0.2) is 8.42 Å². The van der Waals surface area contributed by atoms with E-state index in [-0.39, 0.29) is 21.5 Å². The molecule has 2 rings (SSSR count). The third kappa shape index (κ3) is 3.47. The van der Waals surface area contributed by atoms with E-state index in [2.05, 4.69) is 28.2 Å². The minimum Gasteiger partial charge on any atom is -0.349 e. The van der Waals surface area contributed by atoms with Gasteiger partial charge in [0.25, 0.3) is 15.0 Å². The standard InChI is InChI=1S/C12H12BrCl2NO3S/c1-6-2-8(3-6)16-12(17)9-4-7(13)5-10(11(9)14)20(15,18)19/h4-6,8H,2-3H2,1H3,(H,16,17). The summed E-state index contributed by atoms with van der Waals surface area (Å²) in [7, 11) is 1.30. The molecule has 1 aromatic rings. The molecule has 1 saturated carbocycles. The summed E-state index contributed by atoms with van der Waals surface area (Å²) in [6, 6.07) is 2.86. The van der Waals surface area contributed by atoms with Crippen LogP contribution in [0.25, 0.3) is 0 Å². The molecule has 0 heterocycles. The molecule has 1 fully saturated rings. The molecule has 0 atom stereocenters. The maximum absolute atomic E-state index is 12.2. The van der Waals surface area contributed by atoms with Crippen LogP contribution in [0.2, 0.25) is 5.02 Å². The first-order valence-corrected chi connectivity index (χ1v) is 9.41. The molecule has 0 radical (unpaired) electrons. The minimum absolute atomic E-state index is 0.0971. The van der Waals surface area contributed by atoms with Crippen LogP contribution in [-0.2, 0) is 9.05 Å². The number of carbonyl (C=O) groups is 1. The van der Waals surface area contributed by atoms with E-state index in [1.807, 2.05) is 0 Å². The van der Waals surface area contributed by atoms with Crippen molar-refractivity contribution in [2.24, 2.45) is 5.92 Å². The van der Waals surface area contributed by atoms with E-state index in [1.54, 1.807) is 0 Å². The number of carbonyl (C=O) groups excluding carboxylic acids is 1. The number of hydrogen-bond acceptors (Lipinski definition) is 3. The molecular formula is C12H12BrCl2NO3S. The van der Waals surface area contributed by atoms with E-state index in [0.29, 0.717) is 10.4 Å². The SMILES string of the molecule is CC1CC(NC(=O)c2cc(Br)cc(S(=O)(=O)Cl)c2Cl)C1. The van der Waals surface area contributed by atoms with Crippen LogP contribution in [0.4, 0.5) is 0 Å². The molecule has 0 aromatic heterocycles. The lowest BCUT2D eigenvalue weighted by molar-refractivity contribution is 0.0896. The monoisotopic (exact) mass is 399 g/mol. The molecular weight excluding hydrogens is 389 g/mol. The van der Waals surface area contributed by atoms with Gasteiger partial charge >= 0.3 is 0 Å². The van der Waals surface area contributed by atoms with Gasteiger partial charge < -0.3 is 5.32 Å². The summed E-state index contributed by atoms with van der Waals surface area (Å²) in [4.78, 5) is 11.9. The maximum Gasteiger partial charge on any atom is 0.262 e. The Bertz CT molecular complexity index is 657. The maximum atomic E-state index is 12.2. The van der Waals surface area contributed by atoms with Gasteiger partial charge in [-0.3, -0.25) is 4.79 Å². The molecule has 0 unspecified atom stereocenters. The van der Waals surface area contributed by atoms with Crippen molar-refractivity contribution >= 4 is 53.2 Å². The molecule has 1 aliphatic carbocycles. The van der Waals surface area contributed by atoms with Crippen molar-refractivity contribution in [3.05, 3.63) is 27.2 Å². The zero-order chi connectivity index (χ0) is 15.1. The molecule has 0 saturated heterocycles. The van der Waals surface area contributed by atoms with Gasteiger partial charge in [0.2, 0.25) is 0 Å². The van der Waals surface area contributed by atoms with E-state index in [9.17, 15) is 13.2 Å². The lowest BCUT2D eigenvalue weighted by Crippen LogP contribution is -2.43. The smallest absolute Gasteiger partial charge is 0.262 e. The van der Waals surface area contributed by atoms with Crippen LogP contribution in [0, 0.1) is 5.92 Å². The molecule has 0 spiro atoms. The third-order valence-corrected chi connectivity index (χ3v) is 5.54. The van der Waals surface area contributed by atoms with Crippen LogP contribution < -0.4 is 5.32 Å². The molecule has 4 nitrogen and oxygen atoms in total. The minimum atomic E-state index is -4.01. The lowest BCUT2D eigenvalue weighted by Gasteiger charge is -2.33. The summed E-state index contributed by atoms with van der Waals surface area (Å²) in [5, 5.41) is 2.67. The van der Waals surface area contributed by atoms with Crippen molar-refractivity contribution in [3.63, 3.8) is 0 Å². The molecule has 110 valence electrons. The van der Waals surface area contributed by atoms with E-state index < -0.39 is 15.0 Å². The number of benzene rings is 1. The van der Waals surface area contributed by atoms with E-state index in [0.717, 1.165) is 12.8 Å². The van der Waals surface area contributed by atoms with Gasteiger partial charge in [0, 0.05) is 21.2 Å². The Labute approximate surface area is 135 Å². The van der Waals surface area contributed by atoms with Gasteiger partial charge in [0.05, 0.1) is 10.6 Å². The largest absolute Gasteiger partial charge is 0.349 e. The average Bonchev–Trinajstić information content (AvgIpc) is 2.28. The summed E-state index contributed by atoms with van der Waals surface area (Å²) >= 11 is 9.14. The number of rotatable bonds is 3. The normalized spacial score (nSPS) is 22.2. The summed E-state index contributed by atoms with van der Waals surface area (Å²) < 4.78 is 23.3. The van der Waals surface area contributed by atoms with E-state index >= 15 is 0 Å². The van der Waals surface area contributed by atoms with Crippen LogP contribution in [0.5, 0.6) is 0 Å². The molecule has 8 heteroatoms. The van der Waals surface area contributed by atoms with Crippen LogP contribution in [-0.4, -0.2) is 20.4 Å². The van der Waals surface area contributed by atoms with Gasteiger partial charge in [0.1, 0.15) is 4.90 Å². The molecule has 1 aromatic carbocycles. The molecule has 1 N–H and O–H groups in total. The zero-order valence-corrected chi connectivity index (χ0v) is 14.4. The average molecular weight is 401 g/mol.